The Kier molecular flexibility index (Phi) is 6.90. The topological polar surface area (TPSA) is 136 Å². The predicted molar refractivity (Wildman–Crippen MR) is 123 cm³/mol. The maximum atomic E-state index is 13.3. The molecule has 0 unspecified atom stereocenters. The lowest BCUT2D eigenvalue weighted by Gasteiger charge is -2.12. The van der Waals surface area contributed by atoms with Gasteiger partial charge in [-0.1, -0.05) is 22.0 Å². The number of pyridine rings is 1. The van der Waals surface area contributed by atoms with E-state index in [1.165, 1.54) is 4.68 Å². The van der Waals surface area contributed by atoms with E-state index in [2.05, 4.69) is 36.3 Å². The first kappa shape index (κ1) is 22.7. The molecule has 1 fully saturated rings. The van der Waals surface area contributed by atoms with Gasteiger partial charge in [0.25, 0.3) is 5.91 Å². The van der Waals surface area contributed by atoms with Gasteiger partial charge in [0.1, 0.15) is 5.69 Å². The van der Waals surface area contributed by atoms with E-state index in [0.29, 0.717) is 34.6 Å². The number of nitrogens with two attached hydrogens (primary N) is 1. The van der Waals surface area contributed by atoms with Crippen molar-refractivity contribution in [2.24, 2.45) is 5.73 Å². The first-order valence-corrected chi connectivity index (χ1v) is 11.2. The van der Waals surface area contributed by atoms with Gasteiger partial charge in [0.15, 0.2) is 5.82 Å². The number of nitrogens with zero attached hydrogens (tertiary/aromatic N) is 5. The standard InChI is InChI=1S/C22H22BrN7O3/c23-14-6-7-17(15(11-14)20(32)16-5-1-2-8-25-16)30-18(13-26-19(31)12-24)27-21(28-30)22(33)29-9-3-4-10-29/h1-2,5-8,11H,3-4,9-10,12-13,24H2,(H,26,31). The lowest BCUT2D eigenvalue weighted by molar-refractivity contribution is -0.119. The third-order valence-corrected chi connectivity index (χ3v) is 5.71. The molecule has 0 saturated carbocycles. The Labute approximate surface area is 198 Å². The molecule has 1 aliphatic rings. The highest BCUT2D eigenvalue weighted by molar-refractivity contribution is 9.10. The summed E-state index contributed by atoms with van der Waals surface area (Å²) < 4.78 is 2.11. The number of carbonyl (C=O) groups excluding carboxylic acids is 3. The second-order valence-corrected chi connectivity index (χ2v) is 8.36. The molecule has 2 amide bonds. The predicted octanol–water partition coefficient (Wildman–Crippen LogP) is 1.47. The SMILES string of the molecule is NCC(=O)NCc1nc(C(=O)N2CCCC2)nn1-c1ccc(Br)cc1C(=O)c1ccccn1. The number of likely N-dealkylation sites (tertiary alicyclic amines) is 1. The van der Waals surface area contributed by atoms with Crippen LogP contribution in [0.5, 0.6) is 0 Å². The molecule has 3 N–H and O–H groups in total. The highest BCUT2D eigenvalue weighted by Gasteiger charge is 2.27. The lowest BCUT2D eigenvalue weighted by atomic mass is 10.1. The van der Waals surface area contributed by atoms with E-state index in [1.54, 1.807) is 47.5 Å². The Morgan fingerprint density at radius 3 is 2.61 bits per heavy atom. The second kappa shape index (κ2) is 10.0. The van der Waals surface area contributed by atoms with Crippen molar-refractivity contribution in [2.45, 2.75) is 19.4 Å². The molecule has 11 heteroatoms. The number of amides is 2. The number of rotatable bonds is 7. The van der Waals surface area contributed by atoms with Gasteiger partial charge in [0.2, 0.25) is 17.5 Å². The number of hydrogen-bond acceptors (Lipinski definition) is 7. The van der Waals surface area contributed by atoms with Crippen molar-refractivity contribution in [2.75, 3.05) is 19.6 Å². The van der Waals surface area contributed by atoms with Gasteiger partial charge in [-0.05, 0) is 43.2 Å². The molecule has 33 heavy (non-hydrogen) atoms. The van der Waals surface area contributed by atoms with Gasteiger partial charge in [-0.2, -0.15) is 0 Å². The molecule has 3 heterocycles. The number of carbonyl (C=O) groups is 3. The minimum absolute atomic E-state index is 0.00745. The van der Waals surface area contributed by atoms with Crippen LogP contribution in [-0.2, 0) is 11.3 Å². The van der Waals surface area contributed by atoms with Gasteiger partial charge >= 0.3 is 0 Å². The highest BCUT2D eigenvalue weighted by Crippen LogP contribution is 2.24. The van der Waals surface area contributed by atoms with Gasteiger partial charge in [-0.25, -0.2) is 9.67 Å². The van der Waals surface area contributed by atoms with E-state index in [-0.39, 0.29) is 42.2 Å². The Morgan fingerprint density at radius 1 is 1.12 bits per heavy atom. The normalized spacial score (nSPS) is 13.2. The van der Waals surface area contributed by atoms with Crippen molar-refractivity contribution < 1.29 is 14.4 Å². The summed E-state index contributed by atoms with van der Waals surface area (Å²) in [4.78, 5) is 48.2. The van der Waals surface area contributed by atoms with E-state index in [0.717, 1.165) is 12.8 Å². The monoisotopic (exact) mass is 511 g/mol. The van der Waals surface area contributed by atoms with Gasteiger partial charge in [0, 0.05) is 23.8 Å². The molecule has 1 saturated heterocycles. The second-order valence-electron chi connectivity index (χ2n) is 7.45. The molecule has 0 atom stereocenters. The first-order valence-electron chi connectivity index (χ1n) is 10.5. The van der Waals surface area contributed by atoms with Crippen LogP contribution in [0.4, 0.5) is 0 Å². The van der Waals surface area contributed by atoms with Crippen LogP contribution in [0, 0.1) is 0 Å². The number of aromatic nitrogens is 4. The molecule has 3 aromatic rings. The summed E-state index contributed by atoms with van der Waals surface area (Å²) in [6.07, 6.45) is 3.41. The lowest BCUT2D eigenvalue weighted by Crippen LogP contribution is -2.31. The minimum atomic E-state index is -0.377. The largest absolute Gasteiger partial charge is 0.348 e. The van der Waals surface area contributed by atoms with Gasteiger partial charge in [-0.15, -0.1) is 5.10 Å². The van der Waals surface area contributed by atoms with Gasteiger partial charge < -0.3 is 16.0 Å². The smallest absolute Gasteiger partial charge is 0.293 e. The molecule has 0 bridgehead atoms. The molecule has 1 aromatic carbocycles. The van der Waals surface area contributed by atoms with Crippen molar-refractivity contribution in [3.63, 3.8) is 0 Å². The summed E-state index contributed by atoms with van der Waals surface area (Å²) >= 11 is 3.41. The summed E-state index contributed by atoms with van der Waals surface area (Å²) in [6, 6.07) is 10.2. The summed E-state index contributed by atoms with van der Waals surface area (Å²) in [5.41, 5.74) is 6.40. The number of hydrogen-bond donors (Lipinski definition) is 2. The van der Waals surface area contributed by atoms with Crippen molar-refractivity contribution >= 4 is 33.5 Å². The fourth-order valence-corrected chi connectivity index (χ4v) is 3.92. The van der Waals surface area contributed by atoms with Crippen LogP contribution >= 0.6 is 15.9 Å². The molecule has 0 spiro atoms. The fraction of sp³-hybridized carbons (Fsp3) is 0.273. The summed E-state index contributed by atoms with van der Waals surface area (Å²) in [5.74, 6) is -0.665. The molecule has 170 valence electrons. The summed E-state index contributed by atoms with van der Waals surface area (Å²) in [7, 11) is 0. The van der Waals surface area contributed by atoms with Crippen LogP contribution in [0.15, 0.2) is 47.1 Å². The van der Waals surface area contributed by atoms with Crippen LogP contribution in [0.25, 0.3) is 5.69 Å². The minimum Gasteiger partial charge on any atom is -0.348 e. The Morgan fingerprint density at radius 2 is 1.91 bits per heavy atom. The molecule has 0 radical (unpaired) electrons. The zero-order valence-corrected chi connectivity index (χ0v) is 19.3. The van der Waals surface area contributed by atoms with Crippen molar-refractivity contribution in [1.29, 1.82) is 0 Å². The Hall–Kier alpha value is -3.44. The number of ketones is 1. The van der Waals surface area contributed by atoms with Crippen LogP contribution < -0.4 is 11.1 Å². The summed E-state index contributed by atoms with van der Waals surface area (Å²) in [5, 5.41) is 7.09. The average molecular weight is 512 g/mol. The maximum absolute atomic E-state index is 13.3. The molecule has 2 aromatic heterocycles. The van der Waals surface area contributed by atoms with Crippen molar-refractivity contribution in [3.8, 4) is 5.69 Å². The van der Waals surface area contributed by atoms with E-state index in [4.69, 9.17) is 5.73 Å². The van der Waals surface area contributed by atoms with E-state index < -0.39 is 0 Å². The van der Waals surface area contributed by atoms with Crippen LogP contribution in [0.3, 0.4) is 0 Å². The van der Waals surface area contributed by atoms with Gasteiger partial charge in [0.05, 0.1) is 24.3 Å². The van der Waals surface area contributed by atoms with Crippen LogP contribution in [0.1, 0.15) is 45.3 Å². The molecule has 1 aliphatic heterocycles. The van der Waals surface area contributed by atoms with Crippen molar-refractivity contribution in [1.82, 2.24) is 30.0 Å². The third kappa shape index (κ3) is 4.99. The van der Waals surface area contributed by atoms with Crippen LogP contribution in [-0.4, -0.2) is 61.9 Å². The first-order chi connectivity index (χ1) is 16.0. The van der Waals surface area contributed by atoms with Crippen molar-refractivity contribution in [3.05, 3.63) is 70.0 Å². The summed E-state index contributed by atoms with van der Waals surface area (Å²) in [6.45, 7) is 1.10. The number of nitrogens with one attached hydrogen (secondary N) is 1. The molecular formula is C22H22BrN7O3. The van der Waals surface area contributed by atoms with Crippen LogP contribution in [0.2, 0.25) is 0 Å². The highest BCUT2D eigenvalue weighted by atomic mass is 79.9. The molecule has 4 rings (SSSR count). The average Bonchev–Trinajstić information content (AvgIpc) is 3.53. The Balaban J connectivity index is 1.79. The number of benzene rings is 1. The van der Waals surface area contributed by atoms with E-state index >= 15 is 0 Å². The van der Waals surface area contributed by atoms with E-state index in [9.17, 15) is 14.4 Å². The van der Waals surface area contributed by atoms with E-state index in [1.807, 2.05) is 0 Å². The zero-order chi connectivity index (χ0) is 23.4. The quantitative estimate of drug-likeness (QED) is 0.458. The number of halogens is 1. The zero-order valence-electron chi connectivity index (χ0n) is 17.7. The fourth-order valence-electron chi connectivity index (χ4n) is 3.56. The molecular weight excluding hydrogens is 490 g/mol. The van der Waals surface area contributed by atoms with Gasteiger partial charge in [-0.3, -0.25) is 19.4 Å². The molecule has 0 aliphatic carbocycles. The molecule has 10 nitrogen and oxygen atoms in total. The maximum Gasteiger partial charge on any atom is 0.293 e. The Bertz CT molecular complexity index is 1190. The third-order valence-electron chi connectivity index (χ3n) is 5.22.